The molecule has 1 unspecified atom stereocenters. The molecule has 0 saturated carbocycles. The Balaban J connectivity index is 1.65. The molecule has 1 amide bonds. The lowest BCUT2D eigenvalue weighted by molar-refractivity contribution is 0.0910. The van der Waals surface area contributed by atoms with E-state index in [4.69, 9.17) is 4.42 Å². The highest BCUT2D eigenvalue weighted by Gasteiger charge is 2.13. The SMILES string of the molecule is CCn1cc(CCC(C)NC(=O)c2ccco2)c2ccccc21. The smallest absolute Gasteiger partial charge is 0.287 e. The van der Waals surface area contributed by atoms with Crippen molar-refractivity contribution in [3.05, 3.63) is 60.2 Å². The van der Waals surface area contributed by atoms with Gasteiger partial charge in [-0.3, -0.25) is 4.79 Å². The molecule has 0 aliphatic carbocycles. The zero-order valence-electron chi connectivity index (χ0n) is 13.6. The Kier molecular flexibility index (Phi) is 4.51. The number of carbonyl (C=O) groups is 1. The number of aromatic nitrogens is 1. The van der Waals surface area contributed by atoms with Gasteiger partial charge in [0.1, 0.15) is 0 Å². The summed E-state index contributed by atoms with van der Waals surface area (Å²) in [6.07, 6.45) is 5.57. The van der Waals surface area contributed by atoms with Gasteiger partial charge in [-0.2, -0.15) is 0 Å². The minimum atomic E-state index is -0.154. The van der Waals surface area contributed by atoms with Crippen molar-refractivity contribution < 1.29 is 9.21 Å². The van der Waals surface area contributed by atoms with Gasteiger partial charge >= 0.3 is 0 Å². The maximum Gasteiger partial charge on any atom is 0.287 e. The van der Waals surface area contributed by atoms with Crippen molar-refractivity contribution in [3.8, 4) is 0 Å². The minimum Gasteiger partial charge on any atom is -0.459 e. The first-order chi connectivity index (χ1) is 11.2. The Bertz CT molecular complexity index is 787. The third-order valence-corrected chi connectivity index (χ3v) is 4.18. The van der Waals surface area contributed by atoms with Crippen molar-refractivity contribution in [2.75, 3.05) is 0 Å². The molecular formula is C19H22N2O2. The third kappa shape index (κ3) is 3.31. The molecule has 2 aromatic heterocycles. The Morgan fingerprint density at radius 1 is 1.26 bits per heavy atom. The lowest BCUT2D eigenvalue weighted by atomic mass is 10.1. The lowest BCUT2D eigenvalue weighted by Gasteiger charge is -2.12. The molecule has 2 heterocycles. The molecule has 1 atom stereocenters. The zero-order chi connectivity index (χ0) is 16.2. The van der Waals surface area contributed by atoms with Gasteiger partial charge in [0.05, 0.1) is 6.26 Å². The first-order valence-electron chi connectivity index (χ1n) is 8.10. The van der Waals surface area contributed by atoms with Crippen LogP contribution in [-0.4, -0.2) is 16.5 Å². The summed E-state index contributed by atoms with van der Waals surface area (Å²) >= 11 is 0. The molecule has 3 rings (SSSR count). The van der Waals surface area contributed by atoms with Crippen molar-refractivity contribution >= 4 is 16.8 Å². The summed E-state index contributed by atoms with van der Waals surface area (Å²) in [4.78, 5) is 12.0. The van der Waals surface area contributed by atoms with Crippen molar-refractivity contribution in [3.63, 3.8) is 0 Å². The van der Waals surface area contributed by atoms with E-state index in [0.29, 0.717) is 5.76 Å². The summed E-state index contributed by atoms with van der Waals surface area (Å²) in [7, 11) is 0. The van der Waals surface area contributed by atoms with Crippen molar-refractivity contribution in [1.29, 1.82) is 0 Å². The van der Waals surface area contributed by atoms with Crippen LogP contribution in [-0.2, 0) is 13.0 Å². The molecule has 0 saturated heterocycles. The van der Waals surface area contributed by atoms with E-state index in [1.807, 2.05) is 6.92 Å². The Labute approximate surface area is 136 Å². The summed E-state index contributed by atoms with van der Waals surface area (Å²) in [6, 6.07) is 12.0. The first-order valence-corrected chi connectivity index (χ1v) is 8.10. The summed E-state index contributed by atoms with van der Waals surface area (Å²) in [6.45, 7) is 5.15. The molecule has 1 aromatic carbocycles. The van der Waals surface area contributed by atoms with Crippen LogP contribution in [0.25, 0.3) is 10.9 Å². The van der Waals surface area contributed by atoms with Gasteiger partial charge in [-0.25, -0.2) is 0 Å². The average Bonchev–Trinajstić information content (AvgIpc) is 3.21. The van der Waals surface area contributed by atoms with Gasteiger partial charge in [0, 0.05) is 29.7 Å². The average molecular weight is 310 g/mol. The fourth-order valence-electron chi connectivity index (χ4n) is 2.93. The maximum absolute atomic E-state index is 12.0. The molecule has 0 aliphatic heterocycles. The highest BCUT2D eigenvalue weighted by atomic mass is 16.3. The van der Waals surface area contributed by atoms with Gasteiger partial charge in [-0.05, 0) is 50.5 Å². The number of furan rings is 1. The number of amides is 1. The number of carbonyl (C=O) groups excluding carboxylic acids is 1. The lowest BCUT2D eigenvalue weighted by Crippen LogP contribution is -2.32. The second-order valence-corrected chi connectivity index (χ2v) is 5.85. The molecule has 0 bridgehead atoms. The fourth-order valence-corrected chi connectivity index (χ4v) is 2.93. The molecule has 4 nitrogen and oxygen atoms in total. The Hall–Kier alpha value is -2.49. The number of nitrogens with zero attached hydrogens (tertiary/aromatic N) is 1. The standard InChI is InChI=1S/C19H22N2O2/c1-3-21-13-15(16-7-4-5-8-17(16)21)11-10-14(2)20-19(22)18-9-6-12-23-18/h4-9,12-14H,3,10-11H2,1-2H3,(H,20,22). The Morgan fingerprint density at radius 2 is 2.09 bits per heavy atom. The van der Waals surface area contributed by atoms with Crippen LogP contribution in [0.5, 0.6) is 0 Å². The van der Waals surface area contributed by atoms with E-state index >= 15 is 0 Å². The number of para-hydroxylation sites is 1. The molecule has 3 aromatic rings. The van der Waals surface area contributed by atoms with Crippen LogP contribution in [0, 0.1) is 0 Å². The minimum absolute atomic E-state index is 0.0938. The van der Waals surface area contributed by atoms with Gasteiger partial charge in [0.15, 0.2) is 5.76 Å². The van der Waals surface area contributed by atoms with Crippen LogP contribution in [0.2, 0.25) is 0 Å². The first kappa shape index (κ1) is 15.4. The van der Waals surface area contributed by atoms with Crippen molar-refractivity contribution in [1.82, 2.24) is 9.88 Å². The second-order valence-electron chi connectivity index (χ2n) is 5.85. The van der Waals surface area contributed by atoms with Crippen molar-refractivity contribution in [2.24, 2.45) is 0 Å². The summed E-state index contributed by atoms with van der Waals surface area (Å²) < 4.78 is 7.39. The van der Waals surface area contributed by atoms with E-state index in [9.17, 15) is 4.79 Å². The number of rotatable bonds is 6. The number of hydrogen-bond donors (Lipinski definition) is 1. The summed E-state index contributed by atoms with van der Waals surface area (Å²) in [5.41, 5.74) is 2.61. The van der Waals surface area contributed by atoms with Gasteiger partial charge in [0.2, 0.25) is 0 Å². The van der Waals surface area contributed by atoms with Crippen LogP contribution in [0.1, 0.15) is 36.4 Å². The van der Waals surface area contributed by atoms with Crippen LogP contribution in [0.15, 0.2) is 53.3 Å². The predicted molar refractivity (Wildman–Crippen MR) is 91.6 cm³/mol. The normalized spacial score (nSPS) is 12.4. The van der Waals surface area contributed by atoms with Crippen LogP contribution in [0.3, 0.4) is 0 Å². The van der Waals surface area contributed by atoms with E-state index in [1.165, 1.54) is 22.7 Å². The van der Waals surface area contributed by atoms with Gasteiger partial charge < -0.3 is 14.3 Å². The highest BCUT2D eigenvalue weighted by Crippen LogP contribution is 2.22. The molecule has 120 valence electrons. The van der Waals surface area contributed by atoms with Gasteiger partial charge in [-0.15, -0.1) is 0 Å². The van der Waals surface area contributed by atoms with Crippen LogP contribution >= 0.6 is 0 Å². The van der Waals surface area contributed by atoms with E-state index in [-0.39, 0.29) is 11.9 Å². The second kappa shape index (κ2) is 6.73. The van der Waals surface area contributed by atoms with E-state index in [2.05, 4.69) is 47.3 Å². The molecule has 0 radical (unpaired) electrons. The number of nitrogens with one attached hydrogen (secondary N) is 1. The molecule has 0 fully saturated rings. The highest BCUT2D eigenvalue weighted by molar-refractivity contribution is 5.91. The maximum atomic E-state index is 12.0. The number of aryl methyl sites for hydroxylation is 2. The van der Waals surface area contributed by atoms with E-state index < -0.39 is 0 Å². The topological polar surface area (TPSA) is 47.2 Å². The fraction of sp³-hybridized carbons (Fsp3) is 0.316. The number of benzene rings is 1. The number of hydrogen-bond acceptors (Lipinski definition) is 2. The molecule has 0 spiro atoms. The van der Waals surface area contributed by atoms with Gasteiger partial charge in [0.25, 0.3) is 5.91 Å². The summed E-state index contributed by atoms with van der Waals surface area (Å²) in [5.74, 6) is 0.206. The van der Waals surface area contributed by atoms with Crippen LogP contribution < -0.4 is 5.32 Å². The van der Waals surface area contributed by atoms with Crippen LogP contribution in [0.4, 0.5) is 0 Å². The van der Waals surface area contributed by atoms with Crippen molar-refractivity contribution in [2.45, 2.75) is 39.3 Å². The predicted octanol–water partition coefficient (Wildman–Crippen LogP) is 4.01. The van der Waals surface area contributed by atoms with E-state index in [0.717, 1.165) is 19.4 Å². The zero-order valence-corrected chi connectivity index (χ0v) is 13.6. The van der Waals surface area contributed by atoms with Gasteiger partial charge in [-0.1, -0.05) is 18.2 Å². The molecule has 4 heteroatoms. The largest absolute Gasteiger partial charge is 0.459 e. The molecule has 23 heavy (non-hydrogen) atoms. The molecular weight excluding hydrogens is 288 g/mol. The monoisotopic (exact) mass is 310 g/mol. The Morgan fingerprint density at radius 3 is 2.83 bits per heavy atom. The summed E-state index contributed by atoms with van der Waals surface area (Å²) in [5, 5.41) is 4.29. The quantitative estimate of drug-likeness (QED) is 0.748. The third-order valence-electron chi connectivity index (χ3n) is 4.18. The molecule has 0 aliphatic rings. The van der Waals surface area contributed by atoms with E-state index in [1.54, 1.807) is 12.1 Å². The number of fused-ring (bicyclic) bond motifs is 1. The molecule has 1 N–H and O–H groups in total.